The number of fused-ring (bicyclic) bond motifs is 11. The van der Waals surface area contributed by atoms with Gasteiger partial charge >= 0.3 is 0 Å². The lowest BCUT2D eigenvalue weighted by molar-refractivity contribution is 0.660. The summed E-state index contributed by atoms with van der Waals surface area (Å²) in [6.45, 7) is 4.61. The number of hydrogen-bond acceptors (Lipinski definition) is 4. The van der Waals surface area contributed by atoms with Gasteiger partial charge in [-0.05, 0) is 63.4 Å². The van der Waals surface area contributed by atoms with Crippen LogP contribution in [0.25, 0.3) is 105 Å². The quantitative estimate of drug-likeness (QED) is 0.181. The first-order valence-electron chi connectivity index (χ1n) is 19.4. The van der Waals surface area contributed by atoms with Crippen molar-refractivity contribution in [3.8, 4) is 51.0 Å². The van der Waals surface area contributed by atoms with E-state index in [1.807, 2.05) is 30.3 Å². The standard InChI is InChI=1S/C52H34N4O/c1-52(2)41-21-11-8-18-36(41)39-28-33(24-26-42(39)52)50-53-49(32-15-4-3-5-16-32)54-51(55-50)40-29-34(30-46-48(40)38-20-10-13-23-45(38)57-46)56-43-22-12-9-19-37(43)47-35-17-7-6-14-31(35)25-27-44(47)56/h3-30H,1-2H3. The van der Waals surface area contributed by atoms with E-state index in [9.17, 15) is 0 Å². The molecule has 0 bridgehead atoms. The lowest BCUT2D eigenvalue weighted by Gasteiger charge is -2.21. The summed E-state index contributed by atoms with van der Waals surface area (Å²) in [6, 6.07) is 60.0. The molecule has 0 atom stereocenters. The van der Waals surface area contributed by atoms with Crippen molar-refractivity contribution in [1.82, 2.24) is 19.5 Å². The first-order valence-corrected chi connectivity index (χ1v) is 19.4. The van der Waals surface area contributed by atoms with Crippen LogP contribution < -0.4 is 0 Å². The van der Waals surface area contributed by atoms with Crippen molar-refractivity contribution in [3.05, 3.63) is 181 Å². The molecule has 0 saturated carbocycles. The molecule has 3 heterocycles. The maximum atomic E-state index is 6.70. The third-order valence-corrected chi connectivity index (χ3v) is 12.0. The molecule has 0 aliphatic heterocycles. The topological polar surface area (TPSA) is 56.7 Å². The average molecular weight is 731 g/mol. The fourth-order valence-corrected chi connectivity index (χ4v) is 9.36. The molecule has 0 spiro atoms. The van der Waals surface area contributed by atoms with E-state index in [-0.39, 0.29) is 5.41 Å². The van der Waals surface area contributed by atoms with Gasteiger partial charge in [0.15, 0.2) is 17.5 Å². The lowest BCUT2D eigenvalue weighted by Crippen LogP contribution is -2.14. The smallest absolute Gasteiger partial charge is 0.164 e. The van der Waals surface area contributed by atoms with Crippen molar-refractivity contribution in [3.63, 3.8) is 0 Å². The maximum absolute atomic E-state index is 6.70. The molecule has 0 fully saturated rings. The molecule has 0 amide bonds. The van der Waals surface area contributed by atoms with Crippen molar-refractivity contribution >= 4 is 54.5 Å². The maximum Gasteiger partial charge on any atom is 0.164 e. The van der Waals surface area contributed by atoms with Crippen LogP contribution in [0.1, 0.15) is 25.0 Å². The second kappa shape index (κ2) is 11.8. The fraction of sp³-hybridized carbons (Fsp3) is 0.0577. The van der Waals surface area contributed by atoms with Crippen molar-refractivity contribution in [2.75, 3.05) is 0 Å². The highest BCUT2D eigenvalue weighted by Crippen LogP contribution is 2.49. The van der Waals surface area contributed by atoms with Crippen LogP contribution in [0.2, 0.25) is 0 Å². The number of nitrogens with zero attached hydrogens (tertiary/aromatic N) is 4. The third-order valence-electron chi connectivity index (χ3n) is 12.0. The highest BCUT2D eigenvalue weighted by atomic mass is 16.3. The van der Waals surface area contributed by atoms with E-state index in [0.717, 1.165) is 55.3 Å². The van der Waals surface area contributed by atoms with E-state index in [1.165, 1.54) is 43.8 Å². The van der Waals surface area contributed by atoms with E-state index < -0.39 is 0 Å². The Morgan fingerprint density at radius 2 is 1.12 bits per heavy atom. The second-order valence-electron chi connectivity index (χ2n) is 15.6. The Morgan fingerprint density at radius 3 is 2.00 bits per heavy atom. The van der Waals surface area contributed by atoms with Gasteiger partial charge in [0.2, 0.25) is 0 Å². The average Bonchev–Trinajstić information content (AvgIpc) is 3.89. The number of para-hydroxylation sites is 2. The second-order valence-corrected chi connectivity index (χ2v) is 15.6. The summed E-state index contributed by atoms with van der Waals surface area (Å²) in [4.78, 5) is 15.8. The molecule has 1 aliphatic rings. The number of rotatable bonds is 4. The highest BCUT2D eigenvalue weighted by Gasteiger charge is 2.35. The number of hydrogen-bond donors (Lipinski definition) is 0. The Labute approximate surface area is 328 Å². The molecule has 0 unspecified atom stereocenters. The molecule has 5 heteroatoms. The van der Waals surface area contributed by atoms with Gasteiger partial charge in [-0.25, -0.2) is 15.0 Å². The molecule has 57 heavy (non-hydrogen) atoms. The first-order chi connectivity index (χ1) is 28.0. The zero-order valence-electron chi connectivity index (χ0n) is 31.4. The van der Waals surface area contributed by atoms with Gasteiger partial charge in [-0.2, -0.15) is 0 Å². The van der Waals surface area contributed by atoms with Crippen LogP contribution in [0.15, 0.2) is 174 Å². The number of aromatic nitrogens is 4. The lowest BCUT2D eigenvalue weighted by atomic mass is 9.82. The van der Waals surface area contributed by atoms with Gasteiger partial charge in [-0.1, -0.05) is 147 Å². The van der Waals surface area contributed by atoms with Crippen molar-refractivity contribution in [2.45, 2.75) is 19.3 Å². The monoisotopic (exact) mass is 730 g/mol. The van der Waals surface area contributed by atoms with Crippen LogP contribution in [0, 0.1) is 0 Å². The summed E-state index contributed by atoms with van der Waals surface area (Å²) in [5, 5.41) is 6.86. The summed E-state index contributed by atoms with van der Waals surface area (Å²) in [5.74, 6) is 1.83. The van der Waals surface area contributed by atoms with Crippen molar-refractivity contribution in [2.24, 2.45) is 0 Å². The van der Waals surface area contributed by atoms with E-state index in [1.54, 1.807) is 0 Å². The Hall–Kier alpha value is -7.37. The van der Waals surface area contributed by atoms with Gasteiger partial charge in [0.25, 0.3) is 0 Å². The molecule has 0 N–H and O–H groups in total. The Bertz CT molecular complexity index is 3450. The van der Waals surface area contributed by atoms with Gasteiger partial charge in [-0.3, -0.25) is 0 Å². The Morgan fingerprint density at radius 1 is 0.439 bits per heavy atom. The minimum atomic E-state index is -0.0998. The molecule has 12 rings (SSSR count). The molecular weight excluding hydrogens is 697 g/mol. The summed E-state index contributed by atoms with van der Waals surface area (Å²) >= 11 is 0. The minimum absolute atomic E-state index is 0.0998. The summed E-state index contributed by atoms with van der Waals surface area (Å²) < 4.78 is 9.05. The minimum Gasteiger partial charge on any atom is -0.456 e. The van der Waals surface area contributed by atoms with Crippen LogP contribution in [-0.2, 0) is 5.41 Å². The molecule has 1 aliphatic carbocycles. The van der Waals surface area contributed by atoms with Gasteiger partial charge in [0.1, 0.15) is 11.2 Å². The first kappa shape index (κ1) is 31.9. The molecular formula is C52H34N4O. The summed E-state index contributed by atoms with van der Waals surface area (Å²) in [7, 11) is 0. The molecule has 5 nitrogen and oxygen atoms in total. The van der Waals surface area contributed by atoms with Crippen LogP contribution in [-0.4, -0.2) is 19.5 Å². The molecule has 8 aromatic carbocycles. The zero-order valence-corrected chi connectivity index (χ0v) is 31.4. The molecule has 11 aromatic rings. The van der Waals surface area contributed by atoms with Crippen LogP contribution in [0.5, 0.6) is 0 Å². The molecule has 268 valence electrons. The normalized spacial score (nSPS) is 13.2. The van der Waals surface area contributed by atoms with Crippen molar-refractivity contribution < 1.29 is 4.42 Å². The largest absolute Gasteiger partial charge is 0.456 e. The molecule has 0 radical (unpaired) electrons. The third kappa shape index (κ3) is 4.66. The van der Waals surface area contributed by atoms with E-state index in [2.05, 4.69) is 158 Å². The Balaban J connectivity index is 1.15. The zero-order chi connectivity index (χ0) is 37.8. The van der Waals surface area contributed by atoms with Crippen LogP contribution >= 0.6 is 0 Å². The van der Waals surface area contributed by atoms with E-state index in [0.29, 0.717) is 17.5 Å². The van der Waals surface area contributed by atoms with Gasteiger partial charge < -0.3 is 8.98 Å². The molecule has 3 aromatic heterocycles. The fourth-order valence-electron chi connectivity index (χ4n) is 9.36. The van der Waals surface area contributed by atoms with E-state index >= 15 is 0 Å². The van der Waals surface area contributed by atoms with Gasteiger partial charge in [-0.15, -0.1) is 0 Å². The predicted octanol–water partition coefficient (Wildman–Crippen LogP) is 13.3. The predicted molar refractivity (Wildman–Crippen MR) is 233 cm³/mol. The Kier molecular flexibility index (Phi) is 6.62. The highest BCUT2D eigenvalue weighted by molar-refractivity contribution is 6.21. The van der Waals surface area contributed by atoms with E-state index in [4.69, 9.17) is 19.4 Å². The van der Waals surface area contributed by atoms with Crippen LogP contribution in [0.4, 0.5) is 0 Å². The molecule has 0 saturated heterocycles. The SMILES string of the molecule is CC1(C)c2ccccc2-c2cc(-c3nc(-c4ccccc4)nc(-c4cc(-n5c6ccccc6c6c7ccccc7ccc65)cc5oc6ccccc6c45)n3)ccc21. The summed E-state index contributed by atoms with van der Waals surface area (Å²) in [5.41, 5.74) is 12.6. The van der Waals surface area contributed by atoms with Gasteiger partial charge in [0, 0.05) is 49.7 Å². The van der Waals surface area contributed by atoms with Crippen LogP contribution in [0.3, 0.4) is 0 Å². The summed E-state index contributed by atoms with van der Waals surface area (Å²) in [6.07, 6.45) is 0. The van der Waals surface area contributed by atoms with Crippen molar-refractivity contribution in [1.29, 1.82) is 0 Å². The number of furan rings is 1. The number of benzene rings is 8. The van der Waals surface area contributed by atoms with Gasteiger partial charge in [0.05, 0.1) is 16.7 Å².